The molecule has 0 aromatic carbocycles. The maximum absolute atomic E-state index is 5.59. The van der Waals surface area contributed by atoms with E-state index in [4.69, 9.17) is 4.74 Å². The van der Waals surface area contributed by atoms with Gasteiger partial charge in [0.15, 0.2) is 0 Å². The monoisotopic (exact) mass is 231 g/mol. The highest BCUT2D eigenvalue weighted by atomic mass is 32.2. The molecule has 0 unspecified atom stereocenters. The average Bonchev–Trinajstić information content (AvgIpc) is 2.31. The molecule has 2 rings (SSSR count). The van der Waals surface area contributed by atoms with Crippen molar-refractivity contribution >= 4 is 11.8 Å². The lowest BCUT2D eigenvalue weighted by molar-refractivity contribution is 0.476. The molecule has 81 valence electrons. The Balaban J connectivity index is 2.12. The third-order valence-electron chi connectivity index (χ3n) is 1.79. The Bertz CT molecular complexity index is 448. The van der Waals surface area contributed by atoms with Crippen LogP contribution >= 0.6 is 11.8 Å². The van der Waals surface area contributed by atoms with Crippen molar-refractivity contribution < 1.29 is 4.74 Å². The van der Waals surface area contributed by atoms with E-state index < -0.39 is 0 Å². The molecule has 2 aromatic heterocycles. The normalized spacial score (nSPS) is 10.1. The minimum atomic E-state index is 0.666. The Kier molecular flexibility index (Phi) is 3.77. The first-order chi connectivity index (χ1) is 7.88. The SMILES string of the molecule is CCSc1[c]c(Oc2cccnc2)ccn1. The third-order valence-corrected chi connectivity index (χ3v) is 2.56. The lowest BCUT2D eigenvalue weighted by Crippen LogP contribution is -1.87. The number of aromatic nitrogens is 2. The molecule has 0 fully saturated rings. The standard InChI is InChI=1S/C12H11N2OS/c1-2-16-12-8-10(5-7-14-12)15-11-4-3-6-13-9-11/h3-7,9H,2H2,1H3. The van der Waals surface area contributed by atoms with Crippen molar-refractivity contribution in [1.29, 1.82) is 0 Å². The summed E-state index contributed by atoms with van der Waals surface area (Å²) < 4.78 is 5.59. The van der Waals surface area contributed by atoms with Crippen LogP contribution in [0, 0.1) is 6.07 Å². The maximum atomic E-state index is 5.59. The van der Waals surface area contributed by atoms with Crippen molar-refractivity contribution in [3.8, 4) is 11.5 Å². The summed E-state index contributed by atoms with van der Waals surface area (Å²) >= 11 is 1.64. The zero-order chi connectivity index (χ0) is 11.2. The van der Waals surface area contributed by atoms with Crippen LogP contribution in [0.25, 0.3) is 0 Å². The second-order valence-electron chi connectivity index (χ2n) is 2.96. The van der Waals surface area contributed by atoms with Crippen molar-refractivity contribution in [1.82, 2.24) is 9.97 Å². The minimum Gasteiger partial charge on any atom is -0.455 e. The maximum Gasteiger partial charge on any atom is 0.145 e. The Hall–Kier alpha value is -1.55. The van der Waals surface area contributed by atoms with Gasteiger partial charge in [0.2, 0.25) is 0 Å². The van der Waals surface area contributed by atoms with Gasteiger partial charge in [-0.3, -0.25) is 4.98 Å². The molecular formula is C12H11N2OS. The fourth-order valence-electron chi connectivity index (χ4n) is 1.16. The molecule has 0 N–H and O–H groups in total. The highest BCUT2D eigenvalue weighted by Crippen LogP contribution is 2.23. The van der Waals surface area contributed by atoms with Crippen molar-refractivity contribution in [2.75, 3.05) is 5.75 Å². The molecule has 0 aliphatic carbocycles. The van der Waals surface area contributed by atoms with Crippen LogP contribution in [0.15, 0.2) is 41.8 Å². The minimum absolute atomic E-state index is 0.666. The molecule has 16 heavy (non-hydrogen) atoms. The van der Waals surface area contributed by atoms with E-state index in [9.17, 15) is 0 Å². The Labute approximate surface area is 98.9 Å². The van der Waals surface area contributed by atoms with Gasteiger partial charge in [0.1, 0.15) is 16.5 Å². The number of hydrogen-bond donors (Lipinski definition) is 0. The van der Waals surface area contributed by atoms with Crippen molar-refractivity contribution in [2.24, 2.45) is 0 Å². The summed E-state index contributed by atoms with van der Waals surface area (Å²) in [6.07, 6.45) is 5.10. The van der Waals surface area contributed by atoms with Crippen LogP contribution in [0.4, 0.5) is 0 Å². The Morgan fingerprint density at radius 3 is 3.06 bits per heavy atom. The molecule has 3 nitrogen and oxygen atoms in total. The largest absolute Gasteiger partial charge is 0.455 e. The molecule has 2 aromatic rings. The number of hydrogen-bond acceptors (Lipinski definition) is 4. The van der Waals surface area contributed by atoms with Gasteiger partial charge in [-0.05, 0) is 24.0 Å². The van der Waals surface area contributed by atoms with Crippen molar-refractivity contribution in [3.05, 3.63) is 42.9 Å². The topological polar surface area (TPSA) is 35.0 Å². The Morgan fingerprint density at radius 2 is 2.31 bits per heavy atom. The van der Waals surface area contributed by atoms with Gasteiger partial charge in [0, 0.05) is 12.4 Å². The molecule has 0 amide bonds. The van der Waals surface area contributed by atoms with Gasteiger partial charge < -0.3 is 4.74 Å². The highest BCUT2D eigenvalue weighted by Gasteiger charge is 2.00. The number of rotatable bonds is 4. The van der Waals surface area contributed by atoms with Crippen LogP contribution < -0.4 is 4.74 Å². The first-order valence-corrected chi connectivity index (χ1v) is 5.96. The molecule has 0 bridgehead atoms. The summed E-state index contributed by atoms with van der Waals surface area (Å²) in [5, 5.41) is 0.851. The first kappa shape index (κ1) is 11.0. The summed E-state index contributed by atoms with van der Waals surface area (Å²) in [6.45, 7) is 2.08. The number of nitrogens with zero attached hydrogens (tertiary/aromatic N) is 2. The van der Waals surface area contributed by atoms with E-state index in [1.165, 1.54) is 0 Å². The van der Waals surface area contributed by atoms with Crippen molar-refractivity contribution in [2.45, 2.75) is 11.9 Å². The zero-order valence-corrected chi connectivity index (χ0v) is 9.70. The molecule has 2 heterocycles. The average molecular weight is 231 g/mol. The van der Waals surface area contributed by atoms with Crippen LogP contribution in [0.1, 0.15) is 6.92 Å². The predicted molar refractivity (Wildman–Crippen MR) is 63.8 cm³/mol. The van der Waals surface area contributed by atoms with E-state index in [0.29, 0.717) is 11.5 Å². The van der Waals surface area contributed by atoms with Gasteiger partial charge in [0.25, 0.3) is 0 Å². The summed E-state index contributed by atoms with van der Waals surface area (Å²) in [5.41, 5.74) is 0. The Morgan fingerprint density at radius 1 is 1.38 bits per heavy atom. The second-order valence-corrected chi connectivity index (χ2v) is 4.22. The molecule has 0 spiro atoms. The van der Waals surface area contributed by atoms with Gasteiger partial charge in [0.05, 0.1) is 12.3 Å². The molecule has 0 atom stereocenters. The summed E-state index contributed by atoms with van der Waals surface area (Å²) in [7, 11) is 0. The van der Waals surface area contributed by atoms with Gasteiger partial charge in [-0.1, -0.05) is 6.92 Å². The van der Waals surface area contributed by atoms with E-state index >= 15 is 0 Å². The van der Waals surface area contributed by atoms with Crippen molar-refractivity contribution in [3.63, 3.8) is 0 Å². The van der Waals surface area contributed by atoms with E-state index in [1.54, 1.807) is 36.4 Å². The molecule has 0 aliphatic heterocycles. The van der Waals surface area contributed by atoms with E-state index in [0.717, 1.165) is 10.8 Å². The lowest BCUT2D eigenvalue weighted by Gasteiger charge is -2.05. The lowest BCUT2D eigenvalue weighted by atomic mass is 10.4. The van der Waals surface area contributed by atoms with Gasteiger partial charge in [-0.15, -0.1) is 11.8 Å². The zero-order valence-electron chi connectivity index (χ0n) is 8.88. The fourth-order valence-corrected chi connectivity index (χ4v) is 1.74. The molecule has 4 heteroatoms. The molecule has 0 saturated heterocycles. The molecule has 0 aliphatic rings. The second kappa shape index (κ2) is 5.51. The highest BCUT2D eigenvalue weighted by molar-refractivity contribution is 7.99. The number of pyridine rings is 2. The number of thioether (sulfide) groups is 1. The molecule has 0 saturated carbocycles. The van der Waals surface area contributed by atoms with Gasteiger partial charge in [-0.2, -0.15) is 0 Å². The van der Waals surface area contributed by atoms with E-state index in [1.807, 2.05) is 12.1 Å². The summed E-state index contributed by atoms with van der Waals surface area (Å²) in [4.78, 5) is 8.16. The van der Waals surface area contributed by atoms with E-state index in [2.05, 4.69) is 23.0 Å². The van der Waals surface area contributed by atoms with Gasteiger partial charge in [-0.25, -0.2) is 4.98 Å². The molecular weight excluding hydrogens is 220 g/mol. The van der Waals surface area contributed by atoms with Crippen LogP contribution in [0.3, 0.4) is 0 Å². The summed E-state index contributed by atoms with van der Waals surface area (Å²) in [5.74, 6) is 2.34. The van der Waals surface area contributed by atoms with Gasteiger partial charge >= 0.3 is 0 Å². The van der Waals surface area contributed by atoms with Crippen LogP contribution in [-0.2, 0) is 0 Å². The number of ether oxygens (including phenoxy) is 1. The van der Waals surface area contributed by atoms with Crippen LogP contribution in [-0.4, -0.2) is 15.7 Å². The molecule has 1 radical (unpaired) electrons. The fraction of sp³-hybridized carbons (Fsp3) is 0.167. The quantitative estimate of drug-likeness (QED) is 0.757. The third kappa shape index (κ3) is 2.97. The predicted octanol–water partition coefficient (Wildman–Crippen LogP) is 3.18. The van der Waals surface area contributed by atoms with Crippen LogP contribution in [0.5, 0.6) is 11.5 Å². The van der Waals surface area contributed by atoms with Crippen LogP contribution in [0.2, 0.25) is 0 Å². The van der Waals surface area contributed by atoms with E-state index in [-0.39, 0.29) is 0 Å². The summed E-state index contributed by atoms with van der Waals surface area (Å²) in [6, 6.07) is 8.57. The first-order valence-electron chi connectivity index (χ1n) is 4.97. The smallest absolute Gasteiger partial charge is 0.145 e.